The highest BCUT2D eigenvalue weighted by Crippen LogP contribution is 2.30. The smallest absolute Gasteiger partial charge is 0.269 e. The van der Waals surface area contributed by atoms with Gasteiger partial charge in [0.25, 0.3) is 15.7 Å². The summed E-state index contributed by atoms with van der Waals surface area (Å²) in [7, 11) is -2.25. The van der Waals surface area contributed by atoms with Gasteiger partial charge in [0.2, 0.25) is 0 Å². The molecule has 0 spiro atoms. The van der Waals surface area contributed by atoms with Gasteiger partial charge in [-0.2, -0.15) is 0 Å². The number of non-ortho nitro benzene ring substituents is 1. The molecule has 0 aliphatic rings. The minimum Gasteiger partial charge on any atom is -0.269 e. The summed E-state index contributed by atoms with van der Waals surface area (Å²) in [5.41, 5.74) is 0.276. The summed E-state index contributed by atoms with van der Waals surface area (Å²) in [6.45, 7) is 0. The maximum Gasteiger partial charge on any atom is 0.273 e. The van der Waals surface area contributed by atoms with Crippen LogP contribution in [-0.4, -0.2) is 20.4 Å². The second kappa shape index (κ2) is 5.51. The Balaban J connectivity index is 2.35. The van der Waals surface area contributed by atoms with Crippen LogP contribution in [0.4, 0.5) is 11.4 Å². The normalized spacial score (nSPS) is 11.3. The Morgan fingerprint density at radius 1 is 1.20 bits per heavy atom. The van der Waals surface area contributed by atoms with Gasteiger partial charge in [0.05, 0.1) is 14.4 Å². The predicted molar refractivity (Wildman–Crippen MR) is 80.7 cm³/mol. The lowest BCUT2D eigenvalue weighted by molar-refractivity contribution is -0.384. The van der Waals surface area contributed by atoms with Gasteiger partial charge in [-0.1, -0.05) is 0 Å². The molecule has 0 unspecified atom stereocenters. The van der Waals surface area contributed by atoms with Crippen molar-refractivity contribution in [1.29, 1.82) is 0 Å². The molecule has 0 aliphatic carbocycles. The molecule has 0 fully saturated rings. The van der Waals surface area contributed by atoms with Gasteiger partial charge in [0.15, 0.2) is 0 Å². The van der Waals surface area contributed by atoms with Crippen molar-refractivity contribution in [2.45, 2.75) is 4.21 Å². The molecule has 0 N–H and O–H groups in total. The van der Waals surface area contributed by atoms with E-state index in [1.807, 2.05) is 0 Å². The highest BCUT2D eigenvalue weighted by molar-refractivity contribution is 9.11. The number of halogens is 1. The minimum atomic E-state index is -3.65. The average molecular weight is 377 g/mol. The van der Waals surface area contributed by atoms with Crippen molar-refractivity contribution in [3.8, 4) is 0 Å². The molecule has 0 saturated carbocycles. The van der Waals surface area contributed by atoms with Crippen LogP contribution in [-0.2, 0) is 10.0 Å². The summed E-state index contributed by atoms with van der Waals surface area (Å²) >= 11 is 4.32. The van der Waals surface area contributed by atoms with Crippen LogP contribution in [0.2, 0.25) is 0 Å². The summed E-state index contributed by atoms with van der Waals surface area (Å²) < 4.78 is 26.7. The monoisotopic (exact) mass is 376 g/mol. The molecule has 6 nitrogen and oxygen atoms in total. The minimum absolute atomic E-state index is 0.0848. The molecule has 9 heteroatoms. The number of thiophene rings is 1. The summed E-state index contributed by atoms with van der Waals surface area (Å²) in [5, 5.41) is 10.6. The van der Waals surface area contributed by atoms with Gasteiger partial charge in [0, 0.05) is 19.2 Å². The van der Waals surface area contributed by atoms with E-state index in [0.29, 0.717) is 9.47 Å². The van der Waals surface area contributed by atoms with Crippen LogP contribution in [0, 0.1) is 10.1 Å². The Morgan fingerprint density at radius 3 is 2.25 bits per heavy atom. The molecular weight excluding hydrogens is 368 g/mol. The van der Waals surface area contributed by atoms with E-state index >= 15 is 0 Å². The van der Waals surface area contributed by atoms with Gasteiger partial charge in [-0.05, 0) is 40.2 Å². The van der Waals surface area contributed by atoms with Crippen molar-refractivity contribution in [3.05, 3.63) is 50.3 Å². The summed E-state index contributed by atoms with van der Waals surface area (Å²) in [4.78, 5) is 10.0. The molecule has 0 aliphatic heterocycles. The van der Waals surface area contributed by atoms with Gasteiger partial charge in [0.1, 0.15) is 4.21 Å². The molecule has 0 bridgehead atoms. The van der Waals surface area contributed by atoms with Crippen LogP contribution in [0.25, 0.3) is 0 Å². The number of sulfonamides is 1. The number of hydrogen-bond acceptors (Lipinski definition) is 5. The first-order chi connectivity index (χ1) is 9.32. The zero-order valence-electron chi connectivity index (χ0n) is 10.2. The Bertz CT molecular complexity index is 740. The van der Waals surface area contributed by atoms with Crippen LogP contribution in [0.3, 0.4) is 0 Å². The van der Waals surface area contributed by atoms with Crippen molar-refractivity contribution in [3.63, 3.8) is 0 Å². The molecule has 0 radical (unpaired) electrons. The lowest BCUT2D eigenvalue weighted by Crippen LogP contribution is -2.25. The number of nitrogens with zero attached hydrogens (tertiary/aromatic N) is 2. The maximum atomic E-state index is 12.3. The third-order valence-electron chi connectivity index (χ3n) is 2.59. The molecule has 0 saturated heterocycles. The predicted octanol–water partition coefficient (Wildman–Crippen LogP) is 3.24. The number of hydrogen-bond donors (Lipinski definition) is 0. The fraction of sp³-hybridized carbons (Fsp3) is 0.0909. The molecule has 20 heavy (non-hydrogen) atoms. The summed E-state index contributed by atoms with van der Waals surface area (Å²) in [5.74, 6) is 0. The van der Waals surface area contributed by atoms with E-state index in [1.54, 1.807) is 6.07 Å². The van der Waals surface area contributed by atoms with E-state index in [4.69, 9.17) is 0 Å². The second-order valence-electron chi connectivity index (χ2n) is 3.80. The van der Waals surface area contributed by atoms with Gasteiger partial charge in [-0.25, -0.2) is 8.42 Å². The number of anilines is 1. The zero-order valence-corrected chi connectivity index (χ0v) is 13.4. The first-order valence-corrected chi connectivity index (χ1v) is 8.36. The Labute approximate surface area is 128 Å². The van der Waals surface area contributed by atoms with Crippen LogP contribution in [0.1, 0.15) is 0 Å². The van der Waals surface area contributed by atoms with Crippen molar-refractivity contribution < 1.29 is 13.3 Å². The Kier molecular flexibility index (Phi) is 4.11. The van der Waals surface area contributed by atoms with Gasteiger partial charge in [-0.3, -0.25) is 14.4 Å². The van der Waals surface area contributed by atoms with Gasteiger partial charge >= 0.3 is 0 Å². The SMILES string of the molecule is CN(c1ccc([N+](=O)[O-])cc1)S(=O)(=O)c1ccc(Br)s1. The molecule has 106 valence electrons. The highest BCUT2D eigenvalue weighted by atomic mass is 79.9. The van der Waals surface area contributed by atoms with E-state index < -0.39 is 14.9 Å². The Hall–Kier alpha value is -1.45. The molecule has 0 atom stereocenters. The number of benzene rings is 1. The largest absolute Gasteiger partial charge is 0.273 e. The van der Waals surface area contributed by atoms with Gasteiger partial charge in [-0.15, -0.1) is 11.3 Å². The highest BCUT2D eigenvalue weighted by Gasteiger charge is 2.23. The molecule has 1 aromatic heterocycles. The van der Waals surface area contributed by atoms with Gasteiger partial charge < -0.3 is 0 Å². The van der Waals surface area contributed by atoms with E-state index in [9.17, 15) is 18.5 Å². The number of rotatable bonds is 4. The quantitative estimate of drug-likeness (QED) is 0.605. The molecule has 1 heterocycles. The van der Waals surface area contributed by atoms with Crippen LogP contribution in [0.5, 0.6) is 0 Å². The number of nitro benzene ring substituents is 1. The zero-order chi connectivity index (χ0) is 14.9. The second-order valence-corrected chi connectivity index (χ2v) is 8.46. The molecule has 1 aromatic carbocycles. The topological polar surface area (TPSA) is 80.5 Å². The third kappa shape index (κ3) is 2.84. The third-order valence-corrected chi connectivity index (χ3v) is 6.46. The molecule has 2 aromatic rings. The van der Waals surface area contributed by atoms with E-state index in [-0.39, 0.29) is 9.90 Å². The standard InChI is InChI=1S/C11H9BrN2O4S2/c1-13(8-2-4-9(5-3-8)14(15)16)20(17,18)11-7-6-10(12)19-11/h2-7H,1H3. The van der Waals surface area contributed by atoms with Crippen molar-refractivity contribution in [2.75, 3.05) is 11.4 Å². The lowest BCUT2D eigenvalue weighted by Gasteiger charge is -2.18. The fourth-order valence-corrected chi connectivity index (χ4v) is 4.87. The van der Waals surface area contributed by atoms with Crippen LogP contribution in [0.15, 0.2) is 44.4 Å². The van der Waals surface area contributed by atoms with Crippen molar-refractivity contribution >= 4 is 48.7 Å². The first-order valence-electron chi connectivity index (χ1n) is 5.31. The van der Waals surface area contributed by atoms with Crippen LogP contribution < -0.4 is 4.31 Å². The van der Waals surface area contributed by atoms with Crippen molar-refractivity contribution in [1.82, 2.24) is 0 Å². The summed E-state index contributed by atoms with van der Waals surface area (Å²) in [6.07, 6.45) is 0. The fourth-order valence-electron chi connectivity index (χ4n) is 1.49. The first kappa shape index (κ1) is 14.9. The lowest BCUT2D eigenvalue weighted by atomic mass is 10.3. The van der Waals surface area contributed by atoms with Crippen molar-refractivity contribution in [2.24, 2.45) is 0 Å². The van der Waals surface area contributed by atoms with E-state index in [1.165, 1.54) is 37.4 Å². The summed E-state index contributed by atoms with van der Waals surface area (Å²) in [6, 6.07) is 8.50. The van der Waals surface area contributed by atoms with Crippen LogP contribution >= 0.6 is 27.3 Å². The van der Waals surface area contributed by atoms with E-state index in [2.05, 4.69) is 15.9 Å². The molecule has 2 rings (SSSR count). The van der Waals surface area contributed by atoms with E-state index in [0.717, 1.165) is 15.6 Å². The molecular formula is C11H9BrN2O4S2. The number of nitro groups is 1. The average Bonchev–Trinajstić information content (AvgIpc) is 2.85. The molecule has 0 amide bonds. The maximum absolute atomic E-state index is 12.3. The Morgan fingerprint density at radius 2 is 1.80 bits per heavy atom.